The number of halogens is 3. The van der Waals surface area contributed by atoms with Gasteiger partial charge in [0.05, 0.1) is 12.5 Å². The van der Waals surface area contributed by atoms with Gasteiger partial charge in [0.2, 0.25) is 5.91 Å². The van der Waals surface area contributed by atoms with Crippen LogP contribution in [0.25, 0.3) is 0 Å². The van der Waals surface area contributed by atoms with E-state index in [2.05, 4.69) is 0 Å². The van der Waals surface area contributed by atoms with Crippen molar-refractivity contribution in [1.82, 2.24) is 4.90 Å². The SMILES string of the molecule is CCCN(CC(F)F)C(=O)C(C)C(C)N.Cl. The second-order valence-corrected chi connectivity index (χ2v) is 3.82. The third-order valence-corrected chi connectivity index (χ3v) is 2.34. The Hall–Kier alpha value is -0.420. The van der Waals surface area contributed by atoms with Gasteiger partial charge in [-0.2, -0.15) is 0 Å². The predicted octanol–water partition coefficient (Wildman–Crippen LogP) is 1.90. The third-order valence-electron chi connectivity index (χ3n) is 2.34. The van der Waals surface area contributed by atoms with Crippen molar-refractivity contribution in [2.75, 3.05) is 13.1 Å². The van der Waals surface area contributed by atoms with Crippen LogP contribution in [0.3, 0.4) is 0 Å². The van der Waals surface area contributed by atoms with Crippen LogP contribution in [0.4, 0.5) is 8.78 Å². The van der Waals surface area contributed by atoms with Gasteiger partial charge in [-0.3, -0.25) is 4.79 Å². The van der Waals surface area contributed by atoms with Gasteiger partial charge in [-0.05, 0) is 13.3 Å². The molecular weight excluding hydrogens is 238 g/mol. The Balaban J connectivity index is 0. The molecular formula is C10H21ClF2N2O. The zero-order valence-electron chi connectivity index (χ0n) is 9.95. The first kappa shape index (κ1) is 18.0. The number of carbonyl (C=O) groups is 1. The van der Waals surface area contributed by atoms with E-state index in [-0.39, 0.29) is 24.4 Å². The Morgan fingerprint density at radius 1 is 1.38 bits per heavy atom. The van der Waals surface area contributed by atoms with E-state index in [1.165, 1.54) is 4.90 Å². The fourth-order valence-corrected chi connectivity index (χ4v) is 1.24. The van der Waals surface area contributed by atoms with Crippen LogP contribution in [0.5, 0.6) is 0 Å². The molecule has 16 heavy (non-hydrogen) atoms. The van der Waals surface area contributed by atoms with Crippen molar-refractivity contribution >= 4 is 18.3 Å². The second kappa shape index (κ2) is 8.70. The summed E-state index contributed by atoms with van der Waals surface area (Å²) >= 11 is 0. The molecule has 0 aromatic heterocycles. The molecule has 2 N–H and O–H groups in total. The molecule has 0 aromatic carbocycles. The van der Waals surface area contributed by atoms with E-state index in [0.29, 0.717) is 13.0 Å². The van der Waals surface area contributed by atoms with E-state index in [4.69, 9.17) is 5.73 Å². The maximum atomic E-state index is 12.2. The molecule has 6 heteroatoms. The van der Waals surface area contributed by atoms with Crippen molar-refractivity contribution in [2.45, 2.75) is 39.7 Å². The van der Waals surface area contributed by atoms with Gasteiger partial charge >= 0.3 is 0 Å². The highest BCUT2D eigenvalue weighted by molar-refractivity contribution is 5.85. The molecule has 0 saturated carbocycles. The lowest BCUT2D eigenvalue weighted by atomic mass is 10.0. The lowest BCUT2D eigenvalue weighted by Crippen LogP contribution is -2.44. The van der Waals surface area contributed by atoms with E-state index < -0.39 is 18.9 Å². The molecule has 3 nitrogen and oxygen atoms in total. The van der Waals surface area contributed by atoms with Gasteiger partial charge in [-0.25, -0.2) is 8.78 Å². The van der Waals surface area contributed by atoms with Crippen molar-refractivity contribution in [3.8, 4) is 0 Å². The van der Waals surface area contributed by atoms with Gasteiger partial charge in [0.25, 0.3) is 6.43 Å². The van der Waals surface area contributed by atoms with E-state index in [1.807, 2.05) is 6.92 Å². The summed E-state index contributed by atoms with van der Waals surface area (Å²) in [4.78, 5) is 12.9. The summed E-state index contributed by atoms with van der Waals surface area (Å²) < 4.78 is 24.4. The monoisotopic (exact) mass is 258 g/mol. The molecule has 2 unspecified atom stereocenters. The number of hydrogen-bond donors (Lipinski definition) is 1. The number of alkyl halides is 2. The Morgan fingerprint density at radius 2 is 1.88 bits per heavy atom. The highest BCUT2D eigenvalue weighted by atomic mass is 35.5. The number of nitrogens with zero attached hydrogens (tertiary/aromatic N) is 1. The minimum atomic E-state index is -2.49. The summed E-state index contributed by atoms with van der Waals surface area (Å²) in [5.74, 6) is -0.692. The average molecular weight is 259 g/mol. The van der Waals surface area contributed by atoms with Crippen LogP contribution < -0.4 is 5.73 Å². The van der Waals surface area contributed by atoms with Gasteiger partial charge in [0.1, 0.15) is 0 Å². The Kier molecular flexibility index (Phi) is 9.77. The minimum absolute atomic E-state index is 0. The van der Waals surface area contributed by atoms with Crippen molar-refractivity contribution in [1.29, 1.82) is 0 Å². The average Bonchev–Trinajstić information content (AvgIpc) is 2.14. The van der Waals surface area contributed by atoms with Crippen LogP contribution >= 0.6 is 12.4 Å². The molecule has 0 aliphatic carbocycles. The Bertz CT molecular complexity index is 203. The van der Waals surface area contributed by atoms with E-state index in [9.17, 15) is 13.6 Å². The zero-order valence-corrected chi connectivity index (χ0v) is 10.8. The Labute approximate surface area is 102 Å². The Morgan fingerprint density at radius 3 is 2.19 bits per heavy atom. The summed E-state index contributed by atoms with van der Waals surface area (Å²) in [5, 5.41) is 0. The molecule has 1 amide bonds. The highest BCUT2D eigenvalue weighted by Gasteiger charge is 2.24. The summed E-state index contributed by atoms with van der Waals surface area (Å²) in [7, 11) is 0. The molecule has 0 rings (SSSR count). The van der Waals surface area contributed by atoms with Crippen LogP contribution in [0.2, 0.25) is 0 Å². The van der Waals surface area contributed by atoms with E-state index in [1.54, 1.807) is 13.8 Å². The number of carbonyl (C=O) groups excluding carboxylic acids is 1. The molecule has 0 fully saturated rings. The molecule has 2 atom stereocenters. The number of nitrogens with two attached hydrogens (primary N) is 1. The quantitative estimate of drug-likeness (QED) is 0.791. The van der Waals surface area contributed by atoms with Gasteiger partial charge in [0.15, 0.2) is 0 Å². The molecule has 0 heterocycles. The van der Waals surface area contributed by atoms with Crippen molar-refractivity contribution in [3.63, 3.8) is 0 Å². The summed E-state index contributed by atoms with van der Waals surface area (Å²) in [5.41, 5.74) is 5.57. The normalized spacial score (nSPS) is 14.2. The van der Waals surface area contributed by atoms with Gasteiger partial charge in [0, 0.05) is 12.6 Å². The lowest BCUT2D eigenvalue weighted by Gasteiger charge is -2.26. The zero-order chi connectivity index (χ0) is 12.0. The molecule has 0 aromatic rings. The maximum Gasteiger partial charge on any atom is 0.255 e. The van der Waals surface area contributed by atoms with Crippen LogP contribution in [0.1, 0.15) is 27.2 Å². The predicted molar refractivity (Wildman–Crippen MR) is 62.9 cm³/mol. The van der Waals surface area contributed by atoms with Gasteiger partial charge in [-0.1, -0.05) is 13.8 Å². The largest absolute Gasteiger partial charge is 0.337 e. The molecule has 0 aliphatic heterocycles. The van der Waals surface area contributed by atoms with Crippen molar-refractivity contribution in [2.24, 2.45) is 11.7 Å². The second-order valence-electron chi connectivity index (χ2n) is 3.82. The fraction of sp³-hybridized carbons (Fsp3) is 0.900. The summed E-state index contributed by atoms with van der Waals surface area (Å²) in [6.07, 6.45) is -1.81. The molecule has 0 aliphatic rings. The van der Waals surface area contributed by atoms with Gasteiger partial charge < -0.3 is 10.6 Å². The van der Waals surface area contributed by atoms with Crippen LogP contribution in [0.15, 0.2) is 0 Å². The number of amides is 1. The first-order valence-corrected chi connectivity index (χ1v) is 5.22. The molecule has 0 bridgehead atoms. The lowest BCUT2D eigenvalue weighted by molar-refractivity contribution is -0.137. The van der Waals surface area contributed by atoms with Crippen molar-refractivity contribution < 1.29 is 13.6 Å². The molecule has 0 spiro atoms. The van der Waals surface area contributed by atoms with E-state index in [0.717, 1.165) is 0 Å². The van der Waals surface area contributed by atoms with Crippen LogP contribution in [-0.4, -0.2) is 36.4 Å². The summed E-state index contributed by atoms with van der Waals surface area (Å²) in [6.45, 7) is 5.09. The van der Waals surface area contributed by atoms with Gasteiger partial charge in [-0.15, -0.1) is 12.4 Å². The minimum Gasteiger partial charge on any atom is -0.337 e. The first-order valence-electron chi connectivity index (χ1n) is 5.22. The number of hydrogen-bond acceptors (Lipinski definition) is 2. The molecule has 0 radical (unpaired) electrons. The van der Waals surface area contributed by atoms with Crippen LogP contribution in [0, 0.1) is 5.92 Å². The third kappa shape index (κ3) is 6.23. The molecule has 0 saturated heterocycles. The first-order chi connectivity index (χ1) is 6.90. The van der Waals surface area contributed by atoms with Crippen molar-refractivity contribution in [3.05, 3.63) is 0 Å². The number of rotatable bonds is 6. The maximum absolute atomic E-state index is 12.2. The van der Waals surface area contributed by atoms with E-state index >= 15 is 0 Å². The fourth-order valence-electron chi connectivity index (χ4n) is 1.24. The molecule has 98 valence electrons. The van der Waals surface area contributed by atoms with Crippen LogP contribution in [-0.2, 0) is 4.79 Å². The highest BCUT2D eigenvalue weighted by Crippen LogP contribution is 2.09. The topological polar surface area (TPSA) is 46.3 Å². The smallest absolute Gasteiger partial charge is 0.255 e. The standard InChI is InChI=1S/C10H20F2N2O.ClH/c1-4-5-14(6-9(11)12)10(15)7(2)8(3)13;/h7-9H,4-6,13H2,1-3H3;1H. The summed E-state index contributed by atoms with van der Waals surface area (Å²) in [6, 6.07) is -0.311.